The number of benzene rings is 1. The van der Waals surface area contributed by atoms with Crippen LogP contribution in [0.4, 0.5) is 0 Å². The molecule has 0 aliphatic carbocycles. The Labute approximate surface area is 132 Å². The van der Waals surface area contributed by atoms with Gasteiger partial charge in [-0.25, -0.2) is 8.42 Å². The van der Waals surface area contributed by atoms with Gasteiger partial charge >= 0.3 is 0 Å². The van der Waals surface area contributed by atoms with E-state index >= 15 is 0 Å². The Balaban J connectivity index is 0.00000220. The fourth-order valence-electron chi connectivity index (χ4n) is 2.43. The van der Waals surface area contributed by atoms with Gasteiger partial charge in [-0.3, -0.25) is 0 Å². The van der Waals surface area contributed by atoms with Gasteiger partial charge in [0.1, 0.15) is 5.75 Å². The van der Waals surface area contributed by atoms with Crippen molar-refractivity contribution in [3.63, 3.8) is 0 Å². The van der Waals surface area contributed by atoms with Crippen molar-refractivity contribution < 1.29 is 13.2 Å². The number of piperidine rings is 1. The summed E-state index contributed by atoms with van der Waals surface area (Å²) in [6.07, 6.45) is 1.67. The largest absolute Gasteiger partial charge is 0.494 e. The van der Waals surface area contributed by atoms with Crippen molar-refractivity contribution in [1.82, 2.24) is 4.31 Å². The summed E-state index contributed by atoms with van der Waals surface area (Å²) in [7, 11) is -3.42. The molecule has 21 heavy (non-hydrogen) atoms. The molecule has 5 nitrogen and oxygen atoms in total. The first-order chi connectivity index (χ1) is 9.57. The molecule has 0 saturated carbocycles. The predicted octanol–water partition coefficient (Wildman–Crippen LogP) is 1.87. The average molecular weight is 335 g/mol. The first-order valence-corrected chi connectivity index (χ1v) is 8.45. The summed E-state index contributed by atoms with van der Waals surface area (Å²) in [5.41, 5.74) is 5.64. The van der Waals surface area contributed by atoms with Crippen LogP contribution in [0.5, 0.6) is 5.75 Å². The van der Waals surface area contributed by atoms with E-state index in [4.69, 9.17) is 10.5 Å². The van der Waals surface area contributed by atoms with Gasteiger partial charge in [0.15, 0.2) is 0 Å². The number of sulfonamides is 1. The molecule has 0 unspecified atom stereocenters. The molecule has 0 aromatic heterocycles. The maximum Gasteiger partial charge on any atom is 0.243 e. The van der Waals surface area contributed by atoms with Crippen molar-refractivity contribution in [3.8, 4) is 5.75 Å². The first-order valence-electron chi connectivity index (χ1n) is 7.01. The summed E-state index contributed by atoms with van der Waals surface area (Å²) in [5.74, 6) is 1.03. The third-order valence-electron chi connectivity index (χ3n) is 3.66. The molecule has 2 N–H and O–H groups in total. The number of nitrogens with two attached hydrogens (primary N) is 1. The summed E-state index contributed by atoms with van der Waals surface area (Å²) < 4.78 is 32.1. The van der Waals surface area contributed by atoms with Gasteiger partial charge in [-0.2, -0.15) is 4.31 Å². The van der Waals surface area contributed by atoms with Crippen LogP contribution in [0, 0.1) is 5.92 Å². The third-order valence-corrected chi connectivity index (χ3v) is 5.56. The van der Waals surface area contributed by atoms with Gasteiger partial charge in [0, 0.05) is 19.2 Å². The van der Waals surface area contributed by atoms with Crippen LogP contribution in [0.2, 0.25) is 0 Å². The molecule has 0 atom stereocenters. The minimum Gasteiger partial charge on any atom is -0.494 e. The van der Waals surface area contributed by atoms with Crippen molar-refractivity contribution in [3.05, 3.63) is 24.3 Å². The number of hydrogen-bond acceptors (Lipinski definition) is 4. The van der Waals surface area contributed by atoms with E-state index in [2.05, 4.69) is 0 Å². The molecule has 1 aliphatic rings. The van der Waals surface area contributed by atoms with E-state index in [1.807, 2.05) is 6.92 Å². The molecule has 1 aromatic carbocycles. The molecule has 1 aliphatic heterocycles. The van der Waals surface area contributed by atoms with E-state index in [-0.39, 0.29) is 12.4 Å². The Hall–Kier alpha value is -0.820. The lowest BCUT2D eigenvalue weighted by Crippen LogP contribution is -2.40. The summed E-state index contributed by atoms with van der Waals surface area (Å²) in [4.78, 5) is 0.301. The monoisotopic (exact) mass is 334 g/mol. The molecule has 1 aromatic rings. The Bertz CT molecular complexity index is 543. The molecule has 120 valence electrons. The normalized spacial score (nSPS) is 17.2. The van der Waals surface area contributed by atoms with Gasteiger partial charge in [0.05, 0.1) is 11.5 Å². The fraction of sp³-hybridized carbons (Fsp3) is 0.571. The Kier molecular flexibility index (Phi) is 6.93. The van der Waals surface area contributed by atoms with Crippen LogP contribution in [0.25, 0.3) is 0 Å². The molecule has 0 amide bonds. The molecule has 0 radical (unpaired) electrons. The van der Waals surface area contributed by atoms with Gasteiger partial charge in [-0.05, 0) is 44.4 Å². The average Bonchev–Trinajstić information content (AvgIpc) is 2.48. The van der Waals surface area contributed by atoms with Crippen LogP contribution in [0.1, 0.15) is 19.8 Å². The van der Waals surface area contributed by atoms with Crippen LogP contribution in [-0.4, -0.2) is 39.0 Å². The van der Waals surface area contributed by atoms with E-state index in [1.54, 1.807) is 28.6 Å². The maximum absolute atomic E-state index is 12.6. The van der Waals surface area contributed by atoms with Gasteiger partial charge in [0.2, 0.25) is 10.0 Å². The van der Waals surface area contributed by atoms with E-state index in [9.17, 15) is 8.42 Å². The zero-order valence-corrected chi connectivity index (χ0v) is 13.8. The van der Waals surface area contributed by atoms with Crippen molar-refractivity contribution in [1.29, 1.82) is 0 Å². The van der Waals surface area contributed by atoms with Crippen LogP contribution in [0.15, 0.2) is 29.2 Å². The Morgan fingerprint density at radius 3 is 2.57 bits per heavy atom. The highest BCUT2D eigenvalue weighted by molar-refractivity contribution is 7.89. The summed E-state index contributed by atoms with van der Waals surface area (Å²) in [6.45, 7) is 4.12. The number of hydrogen-bond donors (Lipinski definition) is 1. The van der Waals surface area contributed by atoms with Crippen LogP contribution in [-0.2, 0) is 10.0 Å². The minimum absolute atomic E-state index is 0. The fourth-order valence-corrected chi connectivity index (χ4v) is 3.93. The highest BCUT2D eigenvalue weighted by Crippen LogP contribution is 2.25. The van der Waals surface area contributed by atoms with Gasteiger partial charge in [-0.15, -0.1) is 12.4 Å². The van der Waals surface area contributed by atoms with Gasteiger partial charge in [-0.1, -0.05) is 6.07 Å². The molecule has 2 rings (SSSR count). The molecule has 1 fully saturated rings. The lowest BCUT2D eigenvalue weighted by atomic mass is 9.99. The smallest absolute Gasteiger partial charge is 0.243 e. The summed E-state index contributed by atoms with van der Waals surface area (Å²) in [5, 5.41) is 0. The van der Waals surface area contributed by atoms with Crippen LogP contribution >= 0.6 is 12.4 Å². The second-order valence-electron chi connectivity index (χ2n) is 4.99. The standard InChI is InChI=1S/C14H22N2O3S.ClH/c1-2-19-13-4-3-5-14(10-13)20(17,18)16-8-6-12(11-15)7-9-16;/h3-5,10,12H,2,6-9,11,15H2,1H3;1H. The molecule has 0 bridgehead atoms. The summed E-state index contributed by atoms with van der Waals surface area (Å²) >= 11 is 0. The van der Waals surface area contributed by atoms with Crippen molar-refractivity contribution in [2.24, 2.45) is 11.7 Å². The van der Waals surface area contributed by atoms with E-state index < -0.39 is 10.0 Å². The second-order valence-corrected chi connectivity index (χ2v) is 6.93. The van der Waals surface area contributed by atoms with Crippen LogP contribution in [0.3, 0.4) is 0 Å². The zero-order valence-electron chi connectivity index (χ0n) is 12.2. The third kappa shape index (κ3) is 4.32. The van der Waals surface area contributed by atoms with Crippen molar-refractivity contribution in [2.75, 3.05) is 26.2 Å². The quantitative estimate of drug-likeness (QED) is 0.892. The number of nitrogens with zero attached hydrogens (tertiary/aromatic N) is 1. The van der Waals surface area contributed by atoms with E-state index in [0.29, 0.717) is 42.8 Å². The molecular weight excluding hydrogens is 312 g/mol. The Morgan fingerprint density at radius 1 is 1.33 bits per heavy atom. The first kappa shape index (κ1) is 18.2. The van der Waals surface area contributed by atoms with E-state index in [1.165, 1.54) is 0 Å². The molecular formula is C14H23ClN2O3S. The van der Waals surface area contributed by atoms with Crippen molar-refractivity contribution >= 4 is 22.4 Å². The minimum atomic E-state index is -3.42. The lowest BCUT2D eigenvalue weighted by Gasteiger charge is -2.30. The SMILES string of the molecule is CCOc1cccc(S(=O)(=O)N2CCC(CN)CC2)c1.Cl. The highest BCUT2D eigenvalue weighted by Gasteiger charge is 2.29. The lowest BCUT2D eigenvalue weighted by molar-refractivity contribution is 0.278. The zero-order chi connectivity index (χ0) is 14.6. The predicted molar refractivity (Wildman–Crippen MR) is 85.4 cm³/mol. The topological polar surface area (TPSA) is 72.6 Å². The molecule has 7 heteroatoms. The molecule has 1 heterocycles. The number of ether oxygens (including phenoxy) is 1. The van der Waals surface area contributed by atoms with Crippen molar-refractivity contribution in [2.45, 2.75) is 24.7 Å². The highest BCUT2D eigenvalue weighted by atomic mass is 35.5. The maximum atomic E-state index is 12.6. The second kappa shape index (κ2) is 7.98. The number of halogens is 1. The molecule has 0 spiro atoms. The summed E-state index contributed by atoms with van der Waals surface area (Å²) in [6, 6.07) is 6.69. The van der Waals surface area contributed by atoms with Crippen LogP contribution < -0.4 is 10.5 Å². The van der Waals surface area contributed by atoms with Gasteiger partial charge in [0.25, 0.3) is 0 Å². The van der Waals surface area contributed by atoms with E-state index in [0.717, 1.165) is 12.8 Å². The molecule has 1 saturated heterocycles. The number of rotatable bonds is 5. The Morgan fingerprint density at radius 2 is 2.00 bits per heavy atom. The van der Waals surface area contributed by atoms with Gasteiger partial charge < -0.3 is 10.5 Å².